The molecule has 0 heterocycles. The van der Waals surface area contributed by atoms with Crippen molar-refractivity contribution < 1.29 is 14.2 Å². The van der Waals surface area contributed by atoms with Crippen molar-refractivity contribution in [1.82, 2.24) is 5.32 Å². The van der Waals surface area contributed by atoms with E-state index in [2.05, 4.69) is 10.3 Å². The molecule has 1 aromatic rings. The van der Waals surface area contributed by atoms with Crippen LogP contribution in [0.3, 0.4) is 0 Å². The third-order valence-electron chi connectivity index (χ3n) is 4.23. The molecule has 2 rings (SSSR count). The second-order valence-electron chi connectivity index (χ2n) is 6.19. The number of hydrogen-bond acceptors (Lipinski definition) is 4. The van der Waals surface area contributed by atoms with E-state index < -0.39 is 0 Å². The van der Waals surface area contributed by atoms with E-state index in [0.717, 1.165) is 56.1 Å². The van der Waals surface area contributed by atoms with Crippen LogP contribution >= 0.6 is 0 Å². The van der Waals surface area contributed by atoms with Crippen LogP contribution in [-0.4, -0.2) is 38.9 Å². The smallest absolute Gasteiger partial charge is 0.188 e. The maximum Gasteiger partial charge on any atom is 0.188 e. The minimum atomic E-state index is 0.314. The predicted molar refractivity (Wildman–Crippen MR) is 100 cm³/mol. The lowest BCUT2D eigenvalue weighted by Crippen LogP contribution is -2.32. The molecule has 1 aliphatic carbocycles. The number of nitrogens with two attached hydrogens (primary N) is 1. The van der Waals surface area contributed by atoms with Gasteiger partial charge < -0.3 is 25.3 Å². The first-order valence-corrected chi connectivity index (χ1v) is 9.18. The Labute approximate surface area is 150 Å². The Hall–Kier alpha value is -1.95. The molecule has 140 valence electrons. The average Bonchev–Trinajstić information content (AvgIpc) is 3.13. The van der Waals surface area contributed by atoms with E-state index in [-0.39, 0.29) is 0 Å². The van der Waals surface area contributed by atoms with E-state index >= 15 is 0 Å². The maximum atomic E-state index is 6.05. The van der Waals surface area contributed by atoms with Gasteiger partial charge in [-0.05, 0) is 56.7 Å². The molecule has 0 unspecified atom stereocenters. The first-order chi connectivity index (χ1) is 12.2. The zero-order valence-electron chi connectivity index (χ0n) is 15.4. The van der Waals surface area contributed by atoms with Gasteiger partial charge in [0.1, 0.15) is 0 Å². The lowest BCUT2D eigenvalue weighted by atomic mass is 10.2. The van der Waals surface area contributed by atoms with Crippen LogP contribution in [-0.2, 0) is 11.3 Å². The second-order valence-corrected chi connectivity index (χ2v) is 6.19. The molecule has 1 aromatic carbocycles. The summed E-state index contributed by atoms with van der Waals surface area (Å²) >= 11 is 0. The highest BCUT2D eigenvalue weighted by Crippen LogP contribution is 2.32. The third-order valence-corrected chi connectivity index (χ3v) is 4.23. The van der Waals surface area contributed by atoms with Crippen LogP contribution in [0.25, 0.3) is 0 Å². The van der Waals surface area contributed by atoms with Gasteiger partial charge in [-0.2, -0.15) is 0 Å². The lowest BCUT2D eigenvalue weighted by molar-refractivity contribution is 0.145. The fourth-order valence-corrected chi connectivity index (χ4v) is 2.86. The molecule has 0 spiro atoms. The Morgan fingerprint density at radius 2 is 2.08 bits per heavy atom. The second kappa shape index (κ2) is 10.8. The predicted octanol–water partition coefficient (Wildman–Crippen LogP) is 2.85. The number of methoxy groups -OCH3 is 1. The number of nitrogens with zero attached hydrogens (tertiary/aromatic N) is 1. The molecule has 0 atom stereocenters. The van der Waals surface area contributed by atoms with Crippen molar-refractivity contribution in [2.24, 2.45) is 10.7 Å². The van der Waals surface area contributed by atoms with Gasteiger partial charge in [-0.3, -0.25) is 0 Å². The summed E-state index contributed by atoms with van der Waals surface area (Å²) in [6.45, 7) is 4.72. The van der Waals surface area contributed by atoms with Crippen molar-refractivity contribution in [1.29, 1.82) is 0 Å². The number of rotatable bonds is 10. The number of ether oxygens (including phenoxy) is 3. The van der Waals surface area contributed by atoms with E-state index in [0.29, 0.717) is 18.6 Å². The molecule has 6 heteroatoms. The summed E-state index contributed by atoms with van der Waals surface area (Å²) in [4.78, 5) is 4.37. The van der Waals surface area contributed by atoms with Gasteiger partial charge in [-0.15, -0.1) is 0 Å². The van der Waals surface area contributed by atoms with E-state index in [1.165, 1.54) is 12.8 Å². The summed E-state index contributed by atoms with van der Waals surface area (Å²) < 4.78 is 16.8. The van der Waals surface area contributed by atoms with E-state index in [4.69, 9.17) is 19.9 Å². The Morgan fingerprint density at radius 1 is 1.28 bits per heavy atom. The Balaban J connectivity index is 1.83. The first kappa shape index (κ1) is 19.4. The molecule has 0 aliphatic heterocycles. The summed E-state index contributed by atoms with van der Waals surface area (Å²) in [7, 11) is 1.66. The molecule has 1 aliphatic rings. The number of benzene rings is 1. The summed E-state index contributed by atoms with van der Waals surface area (Å²) in [6.07, 6.45) is 5.97. The zero-order chi connectivity index (χ0) is 17.9. The number of nitrogens with one attached hydrogen (secondary N) is 1. The van der Waals surface area contributed by atoms with Gasteiger partial charge >= 0.3 is 0 Å². The Bertz CT molecular complexity index is 543. The molecule has 1 saturated carbocycles. The highest BCUT2D eigenvalue weighted by molar-refractivity contribution is 5.77. The largest absolute Gasteiger partial charge is 0.493 e. The summed E-state index contributed by atoms with van der Waals surface area (Å²) in [5.41, 5.74) is 6.92. The Morgan fingerprint density at radius 3 is 2.80 bits per heavy atom. The molecule has 0 amide bonds. The van der Waals surface area contributed by atoms with Crippen LogP contribution in [0.2, 0.25) is 0 Å². The SMILES string of the molecule is CCOCCCNC(N)=NCc1ccc(OC2CCCC2)c(OC)c1. The average molecular weight is 349 g/mol. The number of aliphatic imine (C=N–C) groups is 1. The van der Waals surface area contributed by atoms with Crippen LogP contribution < -0.4 is 20.5 Å². The van der Waals surface area contributed by atoms with Gasteiger partial charge in [0.05, 0.1) is 19.8 Å². The van der Waals surface area contributed by atoms with Gasteiger partial charge in [0.2, 0.25) is 0 Å². The molecule has 1 fully saturated rings. The molecule has 0 radical (unpaired) electrons. The fourth-order valence-electron chi connectivity index (χ4n) is 2.86. The van der Waals surface area contributed by atoms with Gasteiger partial charge in [0, 0.05) is 19.8 Å². The number of hydrogen-bond donors (Lipinski definition) is 2. The minimum Gasteiger partial charge on any atom is -0.493 e. The number of guanidine groups is 1. The van der Waals surface area contributed by atoms with Crippen LogP contribution in [0.15, 0.2) is 23.2 Å². The third kappa shape index (κ3) is 6.82. The fraction of sp³-hybridized carbons (Fsp3) is 0.632. The summed E-state index contributed by atoms with van der Waals surface area (Å²) in [5.74, 6) is 2.01. The molecule has 0 bridgehead atoms. The van der Waals surface area contributed by atoms with Crippen molar-refractivity contribution >= 4 is 5.96 Å². The van der Waals surface area contributed by atoms with E-state index in [1.807, 2.05) is 25.1 Å². The normalized spacial score (nSPS) is 15.4. The maximum absolute atomic E-state index is 6.05. The molecule has 3 N–H and O–H groups in total. The van der Waals surface area contributed by atoms with Crippen molar-refractivity contribution in [3.8, 4) is 11.5 Å². The van der Waals surface area contributed by atoms with Gasteiger partial charge in [-0.25, -0.2) is 4.99 Å². The monoisotopic (exact) mass is 349 g/mol. The lowest BCUT2D eigenvalue weighted by Gasteiger charge is -2.16. The van der Waals surface area contributed by atoms with Crippen molar-refractivity contribution in [3.63, 3.8) is 0 Å². The van der Waals surface area contributed by atoms with Crippen LogP contribution in [0.4, 0.5) is 0 Å². The highest BCUT2D eigenvalue weighted by atomic mass is 16.5. The summed E-state index contributed by atoms with van der Waals surface area (Å²) in [6, 6.07) is 5.95. The van der Waals surface area contributed by atoms with Crippen LogP contribution in [0.5, 0.6) is 11.5 Å². The molecule has 25 heavy (non-hydrogen) atoms. The zero-order valence-corrected chi connectivity index (χ0v) is 15.4. The molecular formula is C19H31N3O3. The van der Waals surface area contributed by atoms with Crippen molar-refractivity contribution in [2.45, 2.75) is 51.7 Å². The molecular weight excluding hydrogens is 318 g/mol. The van der Waals surface area contributed by atoms with E-state index in [9.17, 15) is 0 Å². The van der Waals surface area contributed by atoms with Crippen molar-refractivity contribution in [2.75, 3.05) is 26.9 Å². The van der Waals surface area contributed by atoms with Gasteiger partial charge in [0.25, 0.3) is 0 Å². The highest BCUT2D eigenvalue weighted by Gasteiger charge is 2.18. The van der Waals surface area contributed by atoms with Gasteiger partial charge in [0.15, 0.2) is 17.5 Å². The first-order valence-electron chi connectivity index (χ1n) is 9.18. The van der Waals surface area contributed by atoms with Gasteiger partial charge in [-0.1, -0.05) is 6.07 Å². The molecule has 6 nitrogen and oxygen atoms in total. The summed E-state index contributed by atoms with van der Waals surface area (Å²) in [5, 5.41) is 3.09. The van der Waals surface area contributed by atoms with Crippen molar-refractivity contribution in [3.05, 3.63) is 23.8 Å². The molecule has 0 aromatic heterocycles. The quantitative estimate of drug-likeness (QED) is 0.386. The van der Waals surface area contributed by atoms with Crippen LogP contribution in [0, 0.1) is 0 Å². The molecule has 0 saturated heterocycles. The Kier molecular flexibility index (Phi) is 8.39. The minimum absolute atomic E-state index is 0.314. The topological polar surface area (TPSA) is 78.1 Å². The van der Waals surface area contributed by atoms with E-state index in [1.54, 1.807) is 7.11 Å². The van der Waals surface area contributed by atoms with Crippen LogP contribution in [0.1, 0.15) is 44.6 Å². The standard InChI is InChI=1S/C19H31N3O3/c1-3-24-12-6-11-21-19(20)22-14-15-9-10-17(18(13-15)23-2)25-16-7-4-5-8-16/h9-10,13,16H,3-8,11-12,14H2,1-2H3,(H3,20,21,22).